The van der Waals surface area contributed by atoms with E-state index in [1.807, 2.05) is 13.8 Å². The van der Waals surface area contributed by atoms with Gasteiger partial charge < -0.3 is 16.8 Å². The summed E-state index contributed by atoms with van der Waals surface area (Å²) in [5, 5.41) is 2.66. The van der Waals surface area contributed by atoms with Gasteiger partial charge in [-0.3, -0.25) is 9.59 Å². The number of hydrogen-bond donors (Lipinski definition) is 3. The molecule has 0 rings (SSSR count). The smallest absolute Gasteiger partial charge is 0.237 e. The van der Waals surface area contributed by atoms with E-state index in [0.717, 1.165) is 0 Å². The molecule has 94 valence electrons. The van der Waals surface area contributed by atoms with E-state index in [4.69, 9.17) is 11.5 Å². The topological polar surface area (TPSA) is 98.2 Å². The molecule has 0 aromatic heterocycles. The van der Waals surface area contributed by atoms with Crippen LogP contribution in [0.5, 0.6) is 0 Å². The molecule has 1 amide bonds. The van der Waals surface area contributed by atoms with Crippen LogP contribution < -0.4 is 16.8 Å². The summed E-state index contributed by atoms with van der Waals surface area (Å²) in [7, 11) is 0. The highest BCUT2D eigenvalue weighted by Crippen LogP contribution is 2.02. The highest BCUT2D eigenvalue weighted by Gasteiger charge is 2.22. The lowest BCUT2D eigenvalue weighted by atomic mass is 10.0. The van der Waals surface area contributed by atoms with Crippen molar-refractivity contribution in [1.82, 2.24) is 5.32 Å². The minimum Gasteiger partial charge on any atom is -0.345 e. The molecule has 0 saturated heterocycles. The van der Waals surface area contributed by atoms with Crippen LogP contribution in [0.1, 0.15) is 33.6 Å². The summed E-state index contributed by atoms with van der Waals surface area (Å²) in [5.74, 6) is -0.271. The minimum absolute atomic E-state index is 0.0575. The van der Waals surface area contributed by atoms with Gasteiger partial charge in [0, 0.05) is 0 Å². The number of nitrogens with two attached hydrogens (primary N) is 2. The molecule has 0 aromatic rings. The molecule has 0 aliphatic rings. The lowest BCUT2D eigenvalue weighted by Crippen LogP contribution is -2.49. The predicted molar refractivity (Wildman–Crippen MR) is 63.7 cm³/mol. The van der Waals surface area contributed by atoms with Crippen LogP contribution in [0.15, 0.2) is 0 Å². The van der Waals surface area contributed by atoms with Gasteiger partial charge >= 0.3 is 0 Å². The standard InChI is InChI=1S/C11H23N3O2/c1-7(2)10(13)11(16)14-9(8(3)15)5-4-6-12/h7,9-10H,4-6,12-13H2,1-3H3,(H,14,16). The molecule has 0 spiro atoms. The van der Waals surface area contributed by atoms with Gasteiger partial charge in [0.2, 0.25) is 5.91 Å². The summed E-state index contributed by atoms with van der Waals surface area (Å²) in [5.41, 5.74) is 11.1. The first-order valence-electron chi connectivity index (χ1n) is 5.66. The summed E-state index contributed by atoms with van der Waals surface area (Å²) in [6.45, 7) is 5.71. The molecule has 0 aliphatic carbocycles. The summed E-state index contributed by atoms with van der Waals surface area (Å²) in [6.07, 6.45) is 1.28. The summed E-state index contributed by atoms with van der Waals surface area (Å²) >= 11 is 0. The van der Waals surface area contributed by atoms with Crippen LogP contribution >= 0.6 is 0 Å². The third-order valence-corrected chi connectivity index (χ3v) is 2.53. The highest BCUT2D eigenvalue weighted by atomic mass is 16.2. The van der Waals surface area contributed by atoms with Crippen molar-refractivity contribution in [2.75, 3.05) is 6.54 Å². The Kier molecular flexibility index (Phi) is 6.92. The minimum atomic E-state index is -0.570. The fourth-order valence-corrected chi connectivity index (χ4v) is 1.27. The van der Waals surface area contributed by atoms with Crippen LogP contribution in [-0.4, -0.2) is 30.3 Å². The number of ketones is 1. The van der Waals surface area contributed by atoms with Gasteiger partial charge in [-0.2, -0.15) is 0 Å². The van der Waals surface area contributed by atoms with Crippen molar-refractivity contribution in [3.8, 4) is 0 Å². The largest absolute Gasteiger partial charge is 0.345 e. The van der Waals surface area contributed by atoms with Crippen LogP contribution in [0.2, 0.25) is 0 Å². The molecular formula is C11H23N3O2. The Morgan fingerprint density at radius 3 is 2.25 bits per heavy atom. The normalized spacial score (nSPS) is 14.6. The number of carbonyl (C=O) groups is 2. The van der Waals surface area contributed by atoms with Crippen molar-refractivity contribution in [1.29, 1.82) is 0 Å². The van der Waals surface area contributed by atoms with Crippen molar-refractivity contribution in [2.45, 2.75) is 45.7 Å². The van der Waals surface area contributed by atoms with E-state index in [1.165, 1.54) is 6.92 Å². The zero-order valence-electron chi connectivity index (χ0n) is 10.3. The third-order valence-electron chi connectivity index (χ3n) is 2.53. The Labute approximate surface area is 96.9 Å². The molecule has 2 unspecified atom stereocenters. The average molecular weight is 229 g/mol. The van der Waals surface area contributed by atoms with E-state index in [2.05, 4.69) is 5.32 Å². The molecule has 2 atom stereocenters. The van der Waals surface area contributed by atoms with Crippen LogP contribution in [0, 0.1) is 5.92 Å². The van der Waals surface area contributed by atoms with Crippen molar-refractivity contribution in [3.05, 3.63) is 0 Å². The third kappa shape index (κ3) is 5.23. The van der Waals surface area contributed by atoms with Crippen molar-refractivity contribution in [2.24, 2.45) is 17.4 Å². The fourth-order valence-electron chi connectivity index (χ4n) is 1.27. The molecule has 0 aliphatic heterocycles. The molecule has 5 heteroatoms. The molecule has 16 heavy (non-hydrogen) atoms. The lowest BCUT2D eigenvalue weighted by molar-refractivity contribution is -0.128. The van der Waals surface area contributed by atoms with Gasteiger partial charge in [-0.15, -0.1) is 0 Å². The maximum absolute atomic E-state index is 11.6. The zero-order valence-corrected chi connectivity index (χ0v) is 10.3. The number of amides is 1. The van der Waals surface area contributed by atoms with E-state index in [1.54, 1.807) is 0 Å². The van der Waals surface area contributed by atoms with Gasteiger partial charge in [0.05, 0.1) is 12.1 Å². The van der Waals surface area contributed by atoms with Crippen LogP contribution in [-0.2, 0) is 9.59 Å². The second-order valence-electron chi connectivity index (χ2n) is 4.37. The van der Waals surface area contributed by atoms with E-state index in [-0.39, 0.29) is 17.6 Å². The fraction of sp³-hybridized carbons (Fsp3) is 0.818. The SMILES string of the molecule is CC(=O)C(CCCN)NC(=O)C(N)C(C)C. The van der Waals surface area contributed by atoms with E-state index >= 15 is 0 Å². The molecule has 5 N–H and O–H groups in total. The van der Waals surface area contributed by atoms with Gasteiger partial charge in [0.15, 0.2) is 5.78 Å². The Morgan fingerprint density at radius 2 is 1.88 bits per heavy atom. The first kappa shape index (κ1) is 15.1. The first-order valence-corrected chi connectivity index (χ1v) is 5.66. The summed E-state index contributed by atoms with van der Waals surface area (Å²) < 4.78 is 0. The molecule has 0 heterocycles. The summed E-state index contributed by atoms with van der Waals surface area (Å²) in [6, 6.07) is -1.03. The van der Waals surface area contributed by atoms with Gasteiger partial charge in [0.1, 0.15) is 0 Å². The monoisotopic (exact) mass is 229 g/mol. The average Bonchev–Trinajstić information content (AvgIpc) is 2.21. The molecule has 0 radical (unpaired) electrons. The van der Waals surface area contributed by atoms with Crippen molar-refractivity contribution < 1.29 is 9.59 Å². The van der Waals surface area contributed by atoms with Gasteiger partial charge in [-0.05, 0) is 32.2 Å². The molecule has 0 bridgehead atoms. The number of Topliss-reactive ketones (excluding diaryl/α,β-unsaturated/α-hetero) is 1. The van der Waals surface area contributed by atoms with Gasteiger partial charge in [-0.25, -0.2) is 0 Å². The van der Waals surface area contributed by atoms with E-state index < -0.39 is 12.1 Å². The second kappa shape index (κ2) is 7.35. The van der Waals surface area contributed by atoms with Crippen LogP contribution in [0.3, 0.4) is 0 Å². The quantitative estimate of drug-likeness (QED) is 0.562. The number of hydrogen-bond acceptors (Lipinski definition) is 4. The second-order valence-corrected chi connectivity index (χ2v) is 4.37. The van der Waals surface area contributed by atoms with E-state index in [0.29, 0.717) is 19.4 Å². The Bertz CT molecular complexity index is 241. The number of nitrogens with one attached hydrogen (secondary N) is 1. The molecule has 5 nitrogen and oxygen atoms in total. The molecule has 0 aromatic carbocycles. The Morgan fingerprint density at radius 1 is 1.31 bits per heavy atom. The van der Waals surface area contributed by atoms with Crippen molar-refractivity contribution in [3.63, 3.8) is 0 Å². The van der Waals surface area contributed by atoms with Crippen LogP contribution in [0.25, 0.3) is 0 Å². The van der Waals surface area contributed by atoms with E-state index in [9.17, 15) is 9.59 Å². The van der Waals surface area contributed by atoms with Gasteiger partial charge in [0.25, 0.3) is 0 Å². The highest BCUT2D eigenvalue weighted by molar-refractivity contribution is 5.89. The maximum Gasteiger partial charge on any atom is 0.237 e. The first-order chi connectivity index (χ1) is 7.40. The van der Waals surface area contributed by atoms with Gasteiger partial charge in [-0.1, -0.05) is 13.8 Å². The maximum atomic E-state index is 11.6. The predicted octanol–water partition coefficient (Wildman–Crippen LogP) is -0.218. The molecule has 0 saturated carbocycles. The zero-order chi connectivity index (χ0) is 12.7. The Balaban J connectivity index is 4.28. The number of carbonyl (C=O) groups excluding carboxylic acids is 2. The molecule has 0 fully saturated rings. The molecular weight excluding hydrogens is 206 g/mol. The van der Waals surface area contributed by atoms with Crippen LogP contribution in [0.4, 0.5) is 0 Å². The number of rotatable bonds is 7. The lowest BCUT2D eigenvalue weighted by Gasteiger charge is -2.20. The summed E-state index contributed by atoms with van der Waals surface area (Å²) in [4.78, 5) is 22.9. The van der Waals surface area contributed by atoms with Crippen molar-refractivity contribution >= 4 is 11.7 Å². The Hall–Kier alpha value is -0.940.